The van der Waals surface area contributed by atoms with Gasteiger partial charge in [-0.1, -0.05) is 37.0 Å². The number of oxazole rings is 1. The van der Waals surface area contributed by atoms with Crippen LogP contribution in [0.4, 0.5) is 5.69 Å². The van der Waals surface area contributed by atoms with Crippen molar-refractivity contribution in [2.45, 2.75) is 20.3 Å². The Morgan fingerprint density at radius 1 is 1.21 bits per heavy atom. The minimum Gasteiger partial charge on any atom is -0.436 e. The number of nitrogens with zero attached hydrogens (tertiary/aromatic N) is 1. The molecule has 3 aromatic rings. The summed E-state index contributed by atoms with van der Waals surface area (Å²) >= 11 is 12.2. The van der Waals surface area contributed by atoms with Crippen LogP contribution in [0.1, 0.15) is 20.3 Å². The maximum atomic E-state index is 12.0. The molecule has 0 unspecified atom stereocenters. The fourth-order valence-electron chi connectivity index (χ4n) is 2.35. The number of benzene rings is 2. The van der Waals surface area contributed by atoms with Crippen molar-refractivity contribution in [3.05, 3.63) is 46.4 Å². The van der Waals surface area contributed by atoms with Gasteiger partial charge in [0.25, 0.3) is 0 Å². The highest BCUT2D eigenvalue weighted by Gasteiger charge is 2.13. The fraction of sp³-hybridized carbons (Fsp3) is 0.222. The first-order valence-corrected chi connectivity index (χ1v) is 8.34. The average Bonchev–Trinajstić information content (AvgIpc) is 2.91. The molecular formula is C18H16Cl2N2O2. The number of nitrogens with one attached hydrogen (secondary N) is 1. The normalized spacial score (nSPS) is 11.2. The number of aromatic nitrogens is 1. The molecule has 0 spiro atoms. The van der Waals surface area contributed by atoms with Crippen LogP contribution in [-0.4, -0.2) is 10.9 Å². The van der Waals surface area contributed by atoms with E-state index in [1.807, 2.05) is 13.8 Å². The predicted molar refractivity (Wildman–Crippen MR) is 97.5 cm³/mol. The first-order chi connectivity index (χ1) is 11.4. The minimum absolute atomic E-state index is 0.0756. The zero-order valence-corrected chi connectivity index (χ0v) is 14.8. The van der Waals surface area contributed by atoms with Gasteiger partial charge in [-0.2, -0.15) is 0 Å². The van der Waals surface area contributed by atoms with Crippen molar-refractivity contribution in [2.75, 3.05) is 5.32 Å². The molecule has 24 heavy (non-hydrogen) atoms. The summed E-state index contributed by atoms with van der Waals surface area (Å²) in [4.78, 5) is 16.4. The Hall–Kier alpha value is -2.04. The van der Waals surface area contributed by atoms with Gasteiger partial charge >= 0.3 is 0 Å². The van der Waals surface area contributed by atoms with Crippen LogP contribution >= 0.6 is 23.2 Å². The molecule has 1 N–H and O–H groups in total. The Morgan fingerprint density at radius 2 is 2.00 bits per heavy atom. The lowest BCUT2D eigenvalue weighted by atomic mass is 10.1. The monoisotopic (exact) mass is 362 g/mol. The molecule has 4 nitrogen and oxygen atoms in total. The number of hydrogen-bond donors (Lipinski definition) is 1. The van der Waals surface area contributed by atoms with Gasteiger partial charge in [-0.05, 0) is 42.3 Å². The van der Waals surface area contributed by atoms with Crippen molar-refractivity contribution in [1.82, 2.24) is 4.98 Å². The molecule has 1 amide bonds. The highest BCUT2D eigenvalue weighted by Crippen LogP contribution is 2.31. The second-order valence-corrected chi connectivity index (χ2v) is 6.82. The molecule has 0 saturated heterocycles. The summed E-state index contributed by atoms with van der Waals surface area (Å²) in [6, 6.07) is 10.5. The third-order valence-electron chi connectivity index (χ3n) is 3.43. The van der Waals surface area contributed by atoms with E-state index in [9.17, 15) is 4.79 Å². The van der Waals surface area contributed by atoms with E-state index in [2.05, 4.69) is 10.3 Å². The number of carbonyl (C=O) groups is 1. The Balaban J connectivity index is 1.93. The van der Waals surface area contributed by atoms with Gasteiger partial charge in [-0.25, -0.2) is 4.98 Å². The molecule has 1 heterocycles. The van der Waals surface area contributed by atoms with E-state index in [4.69, 9.17) is 27.6 Å². The number of fused-ring (bicyclic) bond motifs is 1. The Kier molecular flexibility index (Phi) is 4.78. The maximum Gasteiger partial charge on any atom is 0.227 e. The number of halogens is 2. The van der Waals surface area contributed by atoms with Gasteiger partial charge in [-0.15, -0.1) is 0 Å². The summed E-state index contributed by atoms with van der Waals surface area (Å²) in [6.07, 6.45) is 0.432. The lowest BCUT2D eigenvalue weighted by molar-refractivity contribution is -0.116. The molecule has 0 aliphatic rings. The van der Waals surface area contributed by atoms with Crippen LogP contribution in [0.5, 0.6) is 0 Å². The molecule has 0 radical (unpaired) electrons. The predicted octanol–water partition coefficient (Wildman–Crippen LogP) is 5.79. The van der Waals surface area contributed by atoms with Gasteiger partial charge in [0, 0.05) is 17.0 Å². The third-order valence-corrected chi connectivity index (χ3v) is 4.00. The van der Waals surface area contributed by atoms with Gasteiger partial charge < -0.3 is 9.73 Å². The Morgan fingerprint density at radius 3 is 2.75 bits per heavy atom. The zero-order chi connectivity index (χ0) is 17.3. The molecule has 0 atom stereocenters. The van der Waals surface area contributed by atoms with Crippen LogP contribution in [-0.2, 0) is 4.79 Å². The molecule has 0 aliphatic carbocycles. The summed E-state index contributed by atoms with van der Waals surface area (Å²) in [5, 5.41) is 3.90. The van der Waals surface area contributed by atoms with Gasteiger partial charge in [0.05, 0.1) is 10.7 Å². The highest BCUT2D eigenvalue weighted by atomic mass is 35.5. The van der Waals surface area contributed by atoms with E-state index >= 15 is 0 Å². The van der Waals surface area contributed by atoms with Gasteiger partial charge in [0.15, 0.2) is 5.58 Å². The smallest absolute Gasteiger partial charge is 0.227 e. The van der Waals surface area contributed by atoms with E-state index in [1.54, 1.807) is 36.4 Å². The van der Waals surface area contributed by atoms with Crippen molar-refractivity contribution >= 4 is 45.9 Å². The standard InChI is InChI=1S/C18H16Cl2N2O2/c1-10(2)7-17(23)21-14-8-11(3-5-13(14)20)18-22-15-9-12(19)4-6-16(15)24-18/h3-6,8-10H,7H2,1-2H3,(H,21,23). The maximum absolute atomic E-state index is 12.0. The van der Waals surface area contributed by atoms with Crippen LogP contribution in [0.3, 0.4) is 0 Å². The third kappa shape index (κ3) is 3.71. The molecule has 6 heteroatoms. The molecule has 124 valence electrons. The van der Waals surface area contributed by atoms with E-state index in [0.717, 1.165) is 5.56 Å². The van der Waals surface area contributed by atoms with E-state index in [0.29, 0.717) is 39.1 Å². The van der Waals surface area contributed by atoms with Crippen molar-refractivity contribution in [1.29, 1.82) is 0 Å². The SMILES string of the molecule is CC(C)CC(=O)Nc1cc(-c2nc3cc(Cl)ccc3o2)ccc1Cl. The summed E-state index contributed by atoms with van der Waals surface area (Å²) in [6.45, 7) is 3.97. The molecule has 1 aromatic heterocycles. The summed E-state index contributed by atoms with van der Waals surface area (Å²) in [5.41, 5.74) is 2.60. The van der Waals surface area contributed by atoms with Gasteiger partial charge in [-0.3, -0.25) is 4.79 Å². The van der Waals surface area contributed by atoms with E-state index < -0.39 is 0 Å². The van der Waals surface area contributed by atoms with Crippen LogP contribution in [0.2, 0.25) is 10.0 Å². The molecule has 0 saturated carbocycles. The van der Waals surface area contributed by atoms with Crippen LogP contribution in [0.15, 0.2) is 40.8 Å². The summed E-state index contributed by atoms with van der Waals surface area (Å²) in [5.74, 6) is 0.644. The number of rotatable bonds is 4. The van der Waals surface area contributed by atoms with Gasteiger partial charge in [0.2, 0.25) is 11.8 Å². The molecular weight excluding hydrogens is 347 g/mol. The second-order valence-electron chi connectivity index (χ2n) is 5.97. The quantitative estimate of drug-likeness (QED) is 0.639. The van der Waals surface area contributed by atoms with Crippen LogP contribution in [0.25, 0.3) is 22.6 Å². The average molecular weight is 363 g/mol. The molecule has 3 rings (SSSR count). The van der Waals surface area contributed by atoms with E-state index in [-0.39, 0.29) is 11.8 Å². The zero-order valence-electron chi connectivity index (χ0n) is 13.3. The molecule has 0 aliphatic heterocycles. The lowest BCUT2D eigenvalue weighted by Crippen LogP contribution is -2.14. The van der Waals surface area contributed by atoms with Gasteiger partial charge in [0.1, 0.15) is 5.52 Å². The number of carbonyl (C=O) groups excluding carboxylic acids is 1. The van der Waals surface area contributed by atoms with Crippen molar-refractivity contribution < 1.29 is 9.21 Å². The fourth-order valence-corrected chi connectivity index (χ4v) is 2.68. The summed E-state index contributed by atoms with van der Waals surface area (Å²) in [7, 11) is 0. The summed E-state index contributed by atoms with van der Waals surface area (Å²) < 4.78 is 5.75. The van der Waals surface area contributed by atoms with E-state index in [1.165, 1.54) is 0 Å². The Labute approximate surface area is 149 Å². The minimum atomic E-state index is -0.0756. The lowest BCUT2D eigenvalue weighted by Gasteiger charge is -2.09. The number of amides is 1. The molecule has 0 bridgehead atoms. The topological polar surface area (TPSA) is 55.1 Å². The molecule has 2 aromatic carbocycles. The van der Waals surface area contributed by atoms with Crippen molar-refractivity contribution in [2.24, 2.45) is 5.92 Å². The largest absolute Gasteiger partial charge is 0.436 e. The van der Waals surface area contributed by atoms with Crippen molar-refractivity contribution in [3.8, 4) is 11.5 Å². The number of anilines is 1. The Bertz CT molecular complexity index is 903. The molecule has 0 fully saturated rings. The first-order valence-electron chi connectivity index (χ1n) is 7.58. The van der Waals surface area contributed by atoms with Crippen molar-refractivity contribution in [3.63, 3.8) is 0 Å². The second kappa shape index (κ2) is 6.83. The highest BCUT2D eigenvalue weighted by molar-refractivity contribution is 6.33. The number of hydrogen-bond acceptors (Lipinski definition) is 3. The first kappa shape index (κ1) is 16.8. The van der Waals surface area contributed by atoms with Crippen LogP contribution < -0.4 is 5.32 Å². The van der Waals surface area contributed by atoms with Crippen LogP contribution in [0, 0.1) is 5.92 Å².